The van der Waals surface area contributed by atoms with E-state index < -0.39 is 0 Å². The Balaban J connectivity index is 0.00000197. The van der Waals surface area contributed by atoms with Gasteiger partial charge >= 0.3 is 0 Å². The van der Waals surface area contributed by atoms with Crippen molar-refractivity contribution >= 4 is 38.8 Å². The van der Waals surface area contributed by atoms with Gasteiger partial charge < -0.3 is 4.57 Å². The first-order valence-corrected chi connectivity index (χ1v) is 18.5. The van der Waals surface area contributed by atoms with Crippen molar-refractivity contribution in [2.24, 2.45) is 4.99 Å². The Bertz CT molecular complexity index is 2620. The van der Waals surface area contributed by atoms with Crippen molar-refractivity contribution in [3.63, 3.8) is 0 Å². The number of hydrogen-bond acceptors (Lipinski definition) is 1. The Hall–Kier alpha value is -6.51. The molecule has 0 amide bonds. The number of allylic oxidation sites excluding steroid dienone is 2. The number of aromatic nitrogens is 1. The smallest absolute Gasteiger partial charge is 0.0746 e. The van der Waals surface area contributed by atoms with Crippen molar-refractivity contribution in [2.75, 3.05) is 0 Å². The van der Waals surface area contributed by atoms with Crippen molar-refractivity contribution in [1.82, 2.24) is 4.57 Å². The number of rotatable bonds is 6. The molecule has 2 nitrogen and oxygen atoms in total. The zero-order valence-electron chi connectivity index (χ0n) is 30.6. The second-order valence-electron chi connectivity index (χ2n) is 13.3. The SMILES string of the molecule is C=C1/C(=C(\N=C(C)c2ccccc2)c2cccc(-c3ccccc3)c2)Cc2cccc(-c3cccc(-n4c5ccccc5c5ccccc54)c3)c21.CC. The number of aliphatic imine (C=N–C) groups is 1. The van der Waals surface area contributed by atoms with Gasteiger partial charge in [0.25, 0.3) is 0 Å². The van der Waals surface area contributed by atoms with Crippen LogP contribution in [0.3, 0.4) is 0 Å². The maximum Gasteiger partial charge on any atom is 0.0746 e. The minimum atomic E-state index is 0.769. The Labute approximate surface area is 312 Å². The first kappa shape index (κ1) is 33.6. The third kappa shape index (κ3) is 6.23. The summed E-state index contributed by atoms with van der Waals surface area (Å²) < 4.78 is 2.39. The number of fused-ring (bicyclic) bond motifs is 4. The summed E-state index contributed by atoms with van der Waals surface area (Å²) >= 11 is 0. The summed E-state index contributed by atoms with van der Waals surface area (Å²) in [7, 11) is 0. The molecule has 0 saturated carbocycles. The minimum Gasteiger partial charge on any atom is -0.309 e. The van der Waals surface area contributed by atoms with Gasteiger partial charge in [0.1, 0.15) is 0 Å². The average Bonchev–Trinajstić information content (AvgIpc) is 3.76. The van der Waals surface area contributed by atoms with Crippen LogP contribution in [0.4, 0.5) is 0 Å². The standard InChI is InChI=1S/C49H36N2.C2H6/c1-33-45(49(50-34(2)35-16-5-3-6-17-35)40-23-13-20-37(30-40)36-18-7-4-8-19-36)32-39-22-15-27-42(48(33)39)38-21-14-24-41(31-38)51-46-28-11-9-25-43(46)44-26-10-12-29-47(44)51;1-2/h3-31H,1,32H2,2H3;1-2H3/b49-45-,50-34?;. The van der Waals surface area contributed by atoms with Gasteiger partial charge in [0.15, 0.2) is 0 Å². The molecule has 0 spiro atoms. The van der Waals surface area contributed by atoms with E-state index in [1.54, 1.807) is 0 Å². The molecule has 0 saturated heterocycles. The molecule has 0 aliphatic heterocycles. The maximum atomic E-state index is 5.41. The van der Waals surface area contributed by atoms with E-state index in [9.17, 15) is 0 Å². The lowest BCUT2D eigenvalue weighted by Gasteiger charge is -2.14. The number of para-hydroxylation sites is 2. The van der Waals surface area contributed by atoms with Crippen molar-refractivity contribution in [2.45, 2.75) is 27.2 Å². The zero-order valence-corrected chi connectivity index (χ0v) is 30.6. The summed E-state index contributed by atoms with van der Waals surface area (Å²) in [6.45, 7) is 10.9. The first-order chi connectivity index (χ1) is 26.1. The summed E-state index contributed by atoms with van der Waals surface area (Å²) in [5, 5.41) is 2.52. The van der Waals surface area contributed by atoms with Gasteiger partial charge in [0.05, 0.1) is 16.7 Å². The van der Waals surface area contributed by atoms with Gasteiger partial charge in [0, 0.05) is 34.2 Å². The van der Waals surface area contributed by atoms with Crippen molar-refractivity contribution in [3.05, 3.63) is 210 Å². The second-order valence-corrected chi connectivity index (χ2v) is 13.3. The normalized spacial score (nSPS) is 13.5. The van der Waals surface area contributed by atoms with E-state index in [1.165, 1.54) is 55.2 Å². The molecule has 1 aromatic heterocycles. The number of benzene rings is 7. The van der Waals surface area contributed by atoms with Crippen LogP contribution in [0.1, 0.15) is 43.0 Å². The fraction of sp³-hybridized carbons (Fsp3) is 0.0784. The third-order valence-corrected chi connectivity index (χ3v) is 10.2. The second kappa shape index (κ2) is 14.6. The Kier molecular flexibility index (Phi) is 9.27. The lowest BCUT2D eigenvalue weighted by molar-refractivity contribution is 1.18. The minimum absolute atomic E-state index is 0.769. The van der Waals surface area contributed by atoms with E-state index in [1.807, 2.05) is 19.9 Å². The van der Waals surface area contributed by atoms with E-state index in [-0.39, 0.29) is 0 Å². The molecular formula is C51H42N2. The molecule has 53 heavy (non-hydrogen) atoms. The summed E-state index contributed by atoms with van der Waals surface area (Å²) in [6.07, 6.45) is 0.769. The predicted molar refractivity (Wildman–Crippen MR) is 228 cm³/mol. The molecule has 256 valence electrons. The average molecular weight is 683 g/mol. The third-order valence-electron chi connectivity index (χ3n) is 10.2. The summed E-state index contributed by atoms with van der Waals surface area (Å²) in [5.41, 5.74) is 17.1. The molecule has 1 heterocycles. The number of nitrogens with zero attached hydrogens (tertiary/aromatic N) is 2. The quantitative estimate of drug-likeness (QED) is 0.155. The fourth-order valence-corrected chi connectivity index (χ4v) is 7.73. The highest BCUT2D eigenvalue weighted by molar-refractivity contribution is 6.09. The lowest BCUT2D eigenvalue weighted by Crippen LogP contribution is -1.98. The molecule has 9 rings (SSSR count). The molecule has 2 heteroatoms. The molecule has 0 bridgehead atoms. The van der Waals surface area contributed by atoms with Crippen LogP contribution >= 0.6 is 0 Å². The summed E-state index contributed by atoms with van der Waals surface area (Å²) in [6, 6.07) is 62.8. The molecule has 1 aliphatic carbocycles. The van der Waals surface area contributed by atoms with Crippen LogP contribution in [-0.2, 0) is 6.42 Å². The topological polar surface area (TPSA) is 17.3 Å². The van der Waals surface area contributed by atoms with E-state index in [2.05, 4.69) is 181 Å². The van der Waals surface area contributed by atoms with Crippen LogP contribution in [-0.4, -0.2) is 10.3 Å². The van der Waals surface area contributed by atoms with E-state index >= 15 is 0 Å². The van der Waals surface area contributed by atoms with Gasteiger partial charge in [-0.05, 0) is 87.3 Å². The highest BCUT2D eigenvalue weighted by Crippen LogP contribution is 2.45. The fourth-order valence-electron chi connectivity index (χ4n) is 7.73. The highest BCUT2D eigenvalue weighted by atomic mass is 15.0. The van der Waals surface area contributed by atoms with Crippen LogP contribution < -0.4 is 0 Å². The van der Waals surface area contributed by atoms with Crippen LogP contribution in [0.2, 0.25) is 0 Å². The largest absolute Gasteiger partial charge is 0.309 e. The molecule has 1 aliphatic rings. The first-order valence-electron chi connectivity index (χ1n) is 18.5. The Morgan fingerprint density at radius 3 is 1.83 bits per heavy atom. The molecule has 0 fully saturated rings. The van der Waals surface area contributed by atoms with Crippen molar-refractivity contribution in [1.29, 1.82) is 0 Å². The molecule has 7 aromatic carbocycles. The zero-order chi connectivity index (χ0) is 36.3. The highest BCUT2D eigenvalue weighted by Gasteiger charge is 2.27. The van der Waals surface area contributed by atoms with Gasteiger partial charge in [0.2, 0.25) is 0 Å². The lowest BCUT2D eigenvalue weighted by atomic mass is 9.93. The van der Waals surface area contributed by atoms with Crippen LogP contribution in [0.25, 0.3) is 61.0 Å². The molecule has 0 N–H and O–H groups in total. The van der Waals surface area contributed by atoms with Gasteiger partial charge in [-0.3, -0.25) is 4.99 Å². The molecule has 0 unspecified atom stereocenters. The van der Waals surface area contributed by atoms with Gasteiger partial charge in [-0.25, -0.2) is 0 Å². The van der Waals surface area contributed by atoms with Crippen LogP contribution in [0, 0.1) is 0 Å². The predicted octanol–water partition coefficient (Wildman–Crippen LogP) is 13.6. The van der Waals surface area contributed by atoms with E-state index in [0.717, 1.165) is 45.8 Å². The maximum absolute atomic E-state index is 5.41. The molecule has 8 aromatic rings. The van der Waals surface area contributed by atoms with Crippen molar-refractivity contribution < 1.29 is 0 Å². The molecular weight excluding hydrogens is 641 g/mol. The number of hydrogen-bond donors (Lipinski definition) is 0. The van der Waals surface area contributed by atoms with Gasteiger partial charge in [-0.2, -0.15) is 0 Å². The monoisotopic (exact) mass is 682 g/mol. The van der Waals surface area contributed by atoms with Crippen LogP contribution in [0.5, 0.6) is 0 Å². The molecule has 0 atom stereocenters. The van der Waals surface area contributed by atoms with Gasteiger partial charge in [-0.1, -0.05) is 166 Å². The Morgan fingerprint density at radius 2 is 1.11 bits per heavy atom. The Morgan fingerprint density at radius 1 is 0.547 bits per heavy atom. The van der Waals surface area contributed by atoms with Crippen LogP contribution in [0.15, 0.2) is 193 Å². The van der Waals surface area contributed by atoms with E-state index in [0.29, 0.717) is 0 Å². The van der Waals surface area contributed by atoms with E-state index in [4.69, 9.17) is 11.6 Å². The van der Waals surface area contributed by atoms with Gasteiger partial charge in [-0.15, -0.1) is 0 Å². The van der Waals surface area contributed by atoms with Crippen molar-refractivity contribution in [3.8, 4) is 27.9 Å². The molecule has 0 radical (unpaired) electrons. The summed E-state index contributed by atoms with van der Waals surface area (Å²) in [5.74, 6) is 0. The summed E-state index contributed by atoms with van der Waals surface area (Å²) in [4.78, 5) is 5.41.